The van der Waals surface area contributed by atoms with Gasteiger partial charge in [0.2, 0.25) is 5.91 Å². The van der Waals surface area contributed by atoms with Crippen LogP contribution in [0.15, 0.2) is 5.38 Å². The van der Waals surface area contributed by atoms with E-state index in [1.54, 1.807) is 11.3 Å². The lowest BCUT2D eigenvalue weighted by molar-refractivity contribution is -0.138. The third kappa shape index (κ3) is 2.81. The molecule has 0 bridgehead atoms. The number of likely N-dealkylation sites (tertiary alicyclic amines) is 1. The Labute approximate surface area is 139 Å². The lowest BCUT2D eigenvalue weighted by Crippen LogP contribution is -2.61. The number of aromatic nitrogens is 1. The minimum atomic E-state index is 0.274. The molecule has 3 fully saturated rings. The molecule has 3 aliphatic rings. The van der Waals surface area contributed by atoms with Crippen molar-refractivity contribution in [2.45, 2.75) is 44.1 Å². The molecular formula is C16H22N2O2S2. The van der Waals surface area contributed by atoms with E-state index in [0.717, 1.165) is 42.4 Å². The molecule has 2 saturated heterocycles. The van der Waals surface area contributed by atoms with Gasteiger partial charge in [-0.05, 0) is 25.7 Å². The molecule has 1 aromatic heterocycles. The molecule has 0 unspecified atom stereocenters. The van der Waals surface area contributed by atoms with E-state index in [-0.39, 0.29) is 4.75 Å². The number of rotatable bonds is 4. The third-order valence-electron chi connectivity index (χ3n) is 5.00. The van der Waals surface area contributed by atoms with Gasteiger partial charge in [-0.15, -0.1) is 23.1 Å². The zero-order chi connectivity index (χ0) is 15.3. The molecule has 120 valence electrons. The zero-order valence-corrected chi connectivity index (χ0v) is 14.7. The van der Waals surface area contributed by atoms with Crippen LogP contribution in [0.4, 0.5) is 0 Å². The maximum Gasteiger partial charge on any atom is 0.226 e. The summed E-state index contributed by atoms with van der Waals surface area (Å²) in [5.74, 6) is 2.37. The molecule has 2 aliphatic heterocycles. The van der Waals surface area contributed by atoms with Gasteiger partial charge in [-0.1, -0.05) is 6.92 Å². The van der Waals surface area contributed by atoms with Crippen LogP contribution in [0.1, 0.15) is 30.5 Å². The first-order valence-corrected chi connectivity index (χ1v) is 9.86. The number of ether oxygens (including phenoxy) is 1. The summed E-state index contributed by atoms with van der Waals surface area (Å²) in [6, 6.07) is 0. The average molecular weight is 338 g/mol. The maximum absolute atomic E-state index is 12.2. The number of nitrogens with zero attached hydrogens (tertiary/aromatic N) is 2. The van der Waals surface area contributed by atoms with Crippen LogP contribution in [0.3, 0.4) is 0 Å². The molecular weight excluding hydrogens is 316 g/mol. The van der Waals surface area contributed by atoms with Gasteiger partial charge in [0.25, 0.3) is 0 Å². The summed E-state index contributed by atoms with van der Waals surface area (Å²) >= 11 is 3.67. The molecule has 1 aromatic rings. The first-order valence-electron chi connectivity index (χ1n) is 8.00. The highest BCUT2D eigenvalue weighted by Crippen LogP contribution is 2.48. The predicted octanol–water partition coefficient (Wildman–Crippen LogP) is 2.71. The number of hydrogen-bond donors (Lipinski definition) is 0. The summed E-state index contributed by atoms with van der Waals surface area (Å²) in [5.41, 5.74) is 1.04. The SMILES string of the molecule is Cc1nc(CO[C@@H]2CSC3(C2)CN(C(=O)[C@H]2C[C@H]2C)C3)cs1. The highest BCUT2D eigenvalue weighted by molar-refractivity contribution is 8.01. The summed E-state index contributed by atoms with van der Waals surface area (Å²) in [6.07, 6.45) is 2.48. The van der Waals surface area contributed by atoms with Crippen LogP contribution in [0.2, 0.25) is 0 Å². The zero-order valence-electron chi connectivity index (χ0n) is 13.1. The van der Waals surface area contributed by atoms with Gasteiger partial charge in [0.1, 0.15) is 0 Å². The molecule has 6 heteroatoms. The number of carbonyl (C=O) groups is 1. The van der Waals surface area contributed by atoms with Gasteiger partial charge in [0.15, 0.2) is 0 Å². The number of thioether (sulfide) groups is 1. The highest BCUT2D eigenvalue weighted by atomic mass is 32.2. The fourth-order valence-corrected chi connectivity index (χ4v) is 5.66. The van der Waals surface area contributed by atoms with E-state index in [4.69, 9.17) is 4.74 Å². The predicted molar refractivity (Wildman–Crippen MR) is 89.1 cm³/mol. The number of thiazole rings is 1. The topological polar surface area (TPSA) is 42.4 Å². The van der Waals surface area contributed by atoms with E-state index in [2.05, 4.69) is 22.2 Å². The fraction of sp³-hybridized carbons (Fsp3) is 0.750. The normalized spacial score (nSPS) is 32.3. The molecule has 22 heavy (non-hydrogen) atoms. The molecule has 0 aromatic carbocycles. The molecule has 1 aliphatic carbocycles. The summed E-state index contributed by atoms with van der Waals surface area (Å²) in [5, 5.41) is 3.17. The molecule has 0 radical (unpaired) electrons. The Bertz CT molecular complexity index is 582. The van der Waals surface area contributed by atoms with Crippen LogP contribution in [0.25, 0.3) is 0 Å². The second kappa shape index (κ2) is 5.49. The van der Waals surface area contributed by atoms with Crippen LogP contribution in [-0.4, -0.2) is 45.5 Å². The average Bonchev–Trinajstić information content (AvgIpc) is 2.87. The molecule has 4 nitrogen and oxygen atoms in total. The first kappa shape index (κ1) is 15.0. The van der Waals surface area contributed by atoms with E-state index >= 15 is 0 Å². The number of aryl methyl sites for hydroxylation is 1. The maximum atomic E-state index is 12.2. The number of carbonyl (C=O) groups excluding carboxylic acids is 1. The Hall–Kier alpha value is -0.590. The van der Waals surface area contributed by atoms with E-state index in [0.29, 0.717) is 30.5 Å². The van der Waals surface area contributed by atoms with Crippen molar-refractivity contribution in [2.24, 2.45) is 11.8 Å². The lowest BCUT2D eigenvalue weighted by Gasteiger charge is -2.47. The lowest BCUT2D eigenvalue weighted by atomic mass is 9.92. The third-order valence-corrected chi connectivity index (χ3v) is 7.40. The van der Waals surface area contributed by atoms with Crippen molar-refractivity contribution in [1.29, 1.82) is 0 Å². The van der Waals surface area contributed by atoms with Crippen LogP contribution >= 0.6 is 23.1 Å². The van der Waals surface area contributed by atoms with E-state index < -0.39 is 0 Å². The summed E-state index contributed by atoms with van der Waals surface area (Å²) in [6.45, 7) is 6.67. The number of amides is 1. The monoisotopic (exact) mass is 338 g/mol. The molecule has 3 heterocycles. The Morgan fingerprint density at radius 2 is 2.32 bits per heavy atom. The van der Waals surface area contributed by atoms with Crippen molar-refractivity contribution in [2.75, 3.05) is 18.8 Å². The standard InChI is InChI=1S/C16H22N2O2S2/c1-10-3-14(10)15(19)18-8-16(9-18)4-13(7-22-16)20-5-12-6-21-11(2)17-12/h6,10,13-14H,3-5,7-9H2,1-2H3/t10-,13+,14+/m1/s1. The van der Waals surface area contributed by atoms with E-state index in [1.165, 1.54) is 0 Å². The second-order valence-electron chi connectivity index (χ2n) is 7.00. The van der Waals surface area contributed by atoms with Crippen molar-refractivity contribution < 1.29 is 9.53 Å². The Morgan fingerprint density at radius 1 is 1.55 bits per heavy atom. The largest absolute Gasteiger partial charge is 0.371 e. The Morgan fingerprint density at radius 3 is 2.95 bits per heavy atom. The van der Waals surface area contributed by atoms with Crippen LogP contribution in [0.5, 0.6) is 0 Å². The van der Waals surface area contributed by atoms with Crippen LogP contribution < -0.4 is 0 Å². The molecule has 4 rings (SSSR count). The Kier molecular flexibility index (Phi) is 3.74. The van der Waals surface area contributed by atoms with Crippen molar-refractivity contribution in [3.8, 4) is 0 Å². The number of hydrogen-bond acceptors (Lipinski definition) is 5. The summed E-state index contributed by atoms with van der Waals surface area (Å²) in [7, 11) is 0. The summed E-state index contributed by atoms with van der Waals surface area (Å²) in [4.78, 5) is 18.7. The highest BCUT2D eigenvalue weighted by Gasteiger charge is 2.53. The van der Waals surface area contributed by atoms with Gasteiger partial charge >= 0.3 is 0 Å². The van der Waals surface area contributed by atoms with Crippen LogP contribution in [0, 0.1) is 18.8 Å². The smallest absolute Gasteiger partial charge is 0.226 e. The second-order valence-corrected chi connectivity index (χ2v) is 9.55. The van der Waals surface area contributed by atoms with Gasteiger partial charge in [0.05, 0.1) is 28.2 Å². The quantitative estimate of drug-likeness (QED) is 0.846. The molecule has 1 spiro atoms. The van der Waals surface area contributed by atoms with Crippen molar-refractivity contribution in [3.63, 3.8) is 0 Å². The van der Waals surface area contributed by atoms with Crippen molar-refractivity contribution >= 4 is 29.0 Å². The molecule has 3 atom stereocenters. The van der Waals surface area contributed by atoms with Crippen molar-refractivity contribution in [3.05, 3.63) is 16.1 Å². The fourth-order valence-electron chi connectivity index (χ4n) is 3.51. The van der Waals surface area contributed by atoms with Gasteiger partial charge < -0.3 is 9.64 Å². The molecule has 0 N–H and O–H groups in total. The Balaban J connectivity index is 1.24. The van der Waals surface area contributed by atoms with Crippen molar-refractivity contribution in [1.82, 2.24) is 9.88 Å². The van der Waals surface area contributed by atoms with Gasteiger partial charge in [-0.2, -0.15) is 0 Å². The van der Waals surface area contributed by atoms with E-state index in [9.17, 15) is 4.79 Å². The van der Waals surface area contributed by atoms with Gasteiger partial charge in [0, 0.05) is 30.1 Å². The van der Waals surface area contributed by atoms with E-state index in [1.807, 2.05) is 18.7 Å². The van der Waals surface area contributed by atoms with Crippen LogP contribution in [-0.2, 0) is 16.1 Å². The molecule has 1 saturated carbocycles. The van der Waals surface area contributed by atoms with Gasteiger partial charge in [-0.3, -0.25) is 4.79 Å². The molecule has 1 amide bonds. The first-order chi connectivity index (χ1) is 10.5. The minimum Gasteiger partial charge on any atom is -0.371 e. The van der Waals surface area contributed by atoms with Gasteiger partial charge in [-0.25, -0.2) is 4.98 Å². The summed E-state index contributed by atoms with van der Waals surface area (Å²) < 4.78 is 6.30. The minimum absolute atomic E-state index is 0.274.